The Bertz CT molecular complexity index is 888. The van der Waals surface area contributed by atoms with Crippen LogP contribution < -0.4 is 5.56 Å². The molecule has 0 fully saturated rings. The third-order valence-electron chi connectivity index (χ3n) is 4.12. The van der Waals surface area contributed by atoms with Gasteiger partial charge in [-0.25, -0.2) is 4.68 Å². The maximum absolute atomic E-state index is 12.9. The molecular weight excluding hydrogens is 352 g/mol. The summed E-state index contributed by atoms with van der Waals surface area (Å²) >= 11 is 7.73. The van der Waals surface area contributed by atoms with E-state index in [4.69, 9.17) is 11.6 Å². The van der Waals surface area contributed by atoms with E-state index in [0.717, 1.165) is 24.1 Å². The Hall–Kier alpha value is -2.17. The first kappa shape index (κ1) is 17.6. The molecule has 128 valence electrons. The molecule has 0 radical (unpaired) electrons. The first-order valence-corrected chi connectivity index (χ1v) is 9.44. The molecule has 0 aliphatic rings. The smallest absolute Gasteiger partial charge is 0.267 e. The lowest BCUT2D eigenvalue weighted by molar-refractivity contribution is 0.467. The number of nitrogens with zero attached hydrogens (tertiary/aromatic N) is 2. The lowest BCUT2D eigenvalue weighted by Crippen LogP contribution is -2.27. The number of aryl methyl sites for hydroxylation is 1. The van der Waals surface area contributed by atoms with Crippen molar-refractivity contribution >= 4 is 22.9 Å². The number of benzene rings is 1. The predicted molar refractivity (Wildman–Crippen MR) is 105 cm³/mol. The minimum atomic E-state index is -0.167. The van der Waals surface area contributed by atoms with Crippen molar-refractivity contribution in [2.45, 2.75) is 25.3 Å². The van der Waals surface area contributed by atoms with Crippen molar-refractivity contribution < 1.29 is 0 Å². The highest BCUT2D eigenvalue weighted by Gasteiger charge is 2.17. The summed E-state index contributed by atoms with van der Waals surface area (Å²) in [5.74, 6) is 0. The van der Waals surface area contributed by atoms with Crippen molar-refractivity contribution in [3.05, 3.63) is 87.6 Å². The van der Waals surface area contributed by atoms with Crippen LogP contribution in [0.1, 0.15) is 24.4 Å². The molecule has 25 heavy (non-hydrogen) atoms. The molecule has 3 rings (SSSR count). The van der Waals surface area contributed by atoms with Crippen LogP contribution in [0.4, 0.5) is 0 Å². The quantitative estimate of drug-likeness (QED) is 0.523. The standard InChI is InChI=1S/C20H19ClN2OS/c1-2-16(11-6-10-15-8-4-3-5-9-15)23-20(24)19(17(21)14-22-23)18-12-7-13-25-18/h2-5,7-9,12-14,16H,1,6,10-11H2. The topological polar surface area (TPSA) is 34.9 Å². The molecule has 2 aromatic heterocycles. The summed E-state index contributed by atoms with van der Waals surface area (Å²) in [5, 5.41) is 6.57. The largest absolute Gasteiger partial charge is 0.277 e. The summed E-state index contributed by atoms with van der Waals surface area (Å²) in [5.41, 5.74) is 1.64. The van der Waals surface area contributed by atoms with Gasteiger partial charge in [-0.2, -0.15) is 5.10 Å². The minimum absolute atomic E-state index is 0.146. The molecule has 0 saturated heterocycles. The second kappa shape index (κ2) is 8.28. The van der Waals surface area contributed by atoms with E-state index >= 15 is 0 Å². The van der Waals surface area contributed by atoms with E-state index in [0.29, 0.717) is 10.6 Å². The number of halogens is 1. The van der Waals surface area contributed by atoms with E-state index in [1.165, 1.54) is 21.6 Å². The number of thiophene rings is 1. The second-order valence-corrected chi connectivity index (χ2v) is 7.13. The third kappa shape index (κ3) is 4.09. The van der Waals surface area contributed by atoms with Gasteiger partial charge in [-0.1, -0.05) is 54.1 Å². The van der Waals surface area contributed by atoms with Gasteiger partial charge in [0.25, 0.3) is 5.56 Å². The van der Waals surface area contributed by atoms with Crippen LogP contribution in [0.15, 0.2) is 71.5 Å². The highest BCUT2D eigenvalue weighted by atomic mass is 35.5. The molecule has 1 atom stereocenters. The van der Waals surface area contributed by atoms with E-state index in [1.807, 2.05) is 35.7 Å². The summed E-state index contributed by atoms with van der Waals surface area (Å²) in [7, 11) is 0. The summed E-state index contributed by atoms with van der Waals surface area (Å²) in [6, 6.07) is 14.0. The number of hydrogen-bond acceptors (Lipinski definition) is 3. The van der Waals surface area contributed by atoms with E-state index < -0.39 is 0 Å². The Balaban J connectivity index is 1.80. The number of hydrogen-bond donors (Lipinski definition) is 0. The van der Waals surface area contributed by atoms with Crippen LogP contribution in [-0.2, 0) is 6.42 Å². The van der Waals surface area contributed by atoms with Crippen LogP contribution in [0.3, 0.4) is 0 Å². The third-order valence-corrected chi connectivity index (χ3v) is 5.29. The molecule has 5 heteroatoms. The van der Waals surface area contributed by atoms with Crippen molar-refractivity contribution in [2.75, 3.05) is 0 Å². The number of allylic oxidation sites excluding steroid dienone is 1. The maximum Gasteiger partial charge on any atom is 0.277 e. The molecule has 0 saturated carbocycles. The Morgan fingerprint density at radius 2 is 2.04 bits per heavy atom. The van der Waals surface area contributed by atoms with E-state index in [9.17, 15) is 4.79 Å². The average Bonchev–Trinajstić information content (AvgIpc) is 3.15. The Morgan fingerprint density at radius 3 is 2.72 bits per heavy atom. The van der Waals surface area contributed by atoms with E-state index in [2.05, 4.69) is 23.8 Å². The Labute approximate surface area is 156 Å². The van der Waals surface area contributed by atoms with Gasteiger partial charge in [-0.15, -0.1) is 17.9 Å². The SMILES string of the molecule is C=CC(CCCc1ccccc1)n1ncc(Cl)c(-c2cccs2)c1=O. The summed E-state index contributed by atoms with van der Waals surface area (Å²) in [6.07, 6.45) is 6.05. The molecule has 1 unspecified atom stereocenters. The molecule has 0 N–H and O–H groups in total. The van der Waals surface area contributed by atoms with Crippen LogP contribution in [0.5, 0.6) is 0 Å². The van der Waals surface area contributed by atoms with E-state index in [1.54, 1.807) is 12.3 Å². The van der Waals surface area contributed by atoms with Gasteiger partial charge >= 0.3 is 0 Å². The molecular formula is C20H19ClN2OS. The lowest BCUT2D eigenvalue weighted by atomic mass is 10.0. The van der Waals surface area contributed by atoms with E-state index in [-0.39, 0.29) is 11.6 Å². The van der Waals surface area contributed by atoms with Crippen molar-refractivity contribution in [3.63, 3.8) is 0 Å². The zero-order valence-electron chi connectivity index (χ0n) is 13.8. The number of aromatic nitrogens is 2. The molecule has 0 spiro atoms. The van der Waals surface area contributed by atoms with Gasteiger partial charge in [0.15, 0.2) is 0 Å². The fraction of sp³-hybridized carbons (Fsp3) is 0.200. The Kier molecular flexibility index (Phi) is 5.84. The first-order chi connectivity index (χ1) is 12.2. The molecule has 0 bridgehead atoms. The van der Waals surface area contributed by atoms with Crippen LogP contribution in [-0.4, -0.2) is 9.78 Å². The monoisotopic (exact) mass is 370 g/mol. The fourth-order valence-electron chi connectivity index (χ4n) is 2.83. The van der Waals surface area contributed by atoms with Crippen LogP contribution in [0.2, 0.25) is 5.02 Å². The molecule has 3 aromatic rings. The Morgan fingerprint density at radius 1 is 1.24 bits per heavy atom. The second-order valence-electron chi connectivity index (χ2n) is 5.78. The normalized spacial score (nSPS) is 12.0. The number of rotatable bonds is 7. The molecule has 0 aliphatic heterocycles. The highest BCUT2D eigenvalue weighted by Crippen LogP contribution is 2.28. The molecule has 1 aromatic carbocycles. The van der Waals surface area contributed by atoms with Gasteiger partial charge < -0.3 is 0 Å². The first-order valence-electron chi connectivity index (χ1n) is 8.18. The zero-order valence-corrected chi connectivity index (χ0v) is 15.3. The van der Waals surface area contributed by atoms with Crippen LogP contribution >= 0.6 is 22.9 Å². The van der Waals surface area contributed by atoms with Gasteiger partial charge in [0.1, 0.15) is 0 Å². The van der Waals surface area contributed by atoms with Gasteiger partial charge in [-0.3, -0.25) is 4.79 Å². The summed E-state index contributed by atoms with van der Waals surface area (Å²) in [4.78, 5) is 13.8. The van der Waals surface area contributed by atoms with Crippen molar-refractivity contribution in [3.8, 4) is 10.4 Å². The van der Waals surface area contributed by atoms with Gasteiger partial charge in [0.05, 0.1) is 22.8 Å². The molecule has 3 nitrogen and oxygen atoms in total. The van der Waals surface area contributed by atoms with Gasteiger partial charge in [-0.05, 0) is 36.3 Å². The average molecular weight is 371 g/mol. The maximum atomic E-state index is 12.9. The highest BCUT2D eigenvalue weighted by molar-refractivity contribution is 7.13. The lowest BCUT2D eigenvalue weighted by Gasteiger charge is -2.16. The zero-order chi connectivity index (χ0) is 17.6. The summed E-state index contributed by atoms with van der Waals surface area (Å²) in [6.45, 7) is 3.89. The van der Waals surface area contributed by atoms with Crippen LogP contribution in [0, 0.1) is 0 Å². The van der Waals surface area contributed by atoms with Crippen LogP contribution in [0.25, 0.3) is 10.4 Å². The summed E-state index contributed by atoms with van der Waals surface area (Å²) < 4.78 is 1.50. The van der Waals surface area contributed by atoms with Crippen molar-refractivity contribution in [1.29, 1.82) is 0 Å². The molecule has 0 amide bonds. The van der Waals surface area contributed by atoms with Gasteiger partial charge in [0, 0.05) is 4.88 Å². The van der Waals surface area contributed by atoms with Crippen molar-refractivity contribution in [2.24, 2.45) is 0 Å². The van der Waals surface area contributed by atoms with Crippen molar-refractivity contribution in [1.82, 2.24) is 9.78 Å². The molecule has 0 aliphatic carbocycles. The molecule has 2 heterocycles. The minimum Gasteiger partial charge on any atom is -0.267 e. The van der Waals surface area contributed by atoms with Gasteiger partial charge in [0.2, 0.25) is 0 Å². The fourth-order valence-corrected chi connectivity index (χ4v) is 3.89. The predicted octanol–water partition coefficient (Wildman–Crippen LogP) is 5.38.